The molecule has 1 saturated heterocycles. The second kappa shape index (κ2) is 6.28. The van der Waals surface area contributed by atoms with E-state index in [4.69, 9.17) is 9.15 Å². The number of likely N-dealkylation sites (tertiary alicyclic amines) is 1. The number of aryl methyl sites for hydroxylation is 1. The summed E-state index contributed by atoms with van der Waals surface area (Å²) in [5.74, 6) is 2.82. The summed E-state index contributed by atoms with van der Waals surface area (Å²) in [6.45, 7) is 4.90. The van der Waals surface area contributed by atoms with Crippen molar-refractivity contribution in [1.82, 2.24) is 19.5 Å². The van der Waals surface area contributed by atoms with Crippen molar-refractivity contribution in [2.45, 2.75) is 19.8 Å². The van der Waals surface area contributed by atoms with E-state index in [9.17, 15) is 0 Å². The first kappa shape index (κ1) is 15.2. The number of rotatable bonds is 4. The monoisotopic (exact) mass is 326 g/mol. The van der Waals surface area contributed by atoms with Gasteiger partial charge in [0.1, 0.15) is 11.5 Å². The van der Waals surface area contributed by atoms with Crippen molar-refractivity contribution >= 4 is 5.65 Å². The van der Waals surface area contributed by atoms with Crippen LogP contribution < -0.4 is 4.74 Å². The number of hydrogen-bond acceptors (Lipinski definition) is 5. The topological polar surface area (TPSA) is 55.8 Å². The Kier molecular flexibility index (Phi) is 3.98. The fraction of sp³-hybridized carbons (Fsp3) is 0.444. The van der Waals surface area contributed by atoms with Gasteiger partial charge in [0.25, 0.3) is 0 Å². The lowest BCUT2D eigenvalue weighted by atomic mass is 10.00. The molecule has 126 valence electrons. The number of furan rings is 1. The summed E-state index contributed by atoms with van der Waals surface area (Å²) in [6, 6.07) is 7.68. The minimum atomic E-state index is 0.566. The molecule has 1 aliphatic rings. The molecular weight excluding hydrogens is 304 g/mol. The lowest BCUT2D eigenvalue weighted by molar-refractivity contribution is 0.146. The molecule has 0 spiro atoms. The average molecular weight is 326 g/mol. The van der Waals surface area contributed by atoms with Crippen molar-refractivity contribution in [2.75, 3.05) is 26.7 Å². The summed E-state index contributed by atoms with van der Waals surface area (Å²) in [5, 5.41) is 4.58. The standard InChI is InChI=1S/C18H22N4O2/c1-13-5-6-16(24-13)15-10-19-17-7-8-18(20-22(15)17)23-12-14-4-3-9-21(2)11-14/h5-8,10,14H,3-4,9,11-12H2,1-2H3. The number of ether oxygens (including phenoxy) is 1. The number of aromatic nitrogens is 3. The molecule has 6 heteroatoms. The Bertz CT molecular complexity index is 839. The van der Waals surface area contributed by atoms with Crippen LogP contribution in [0.5, 0.6) is 5.88 Å². The van der Waals surface area contributed by atoms with E-state index in [1.165, 1.54) is 19.4 Å². The third-order valence-corrected chi connectivity index (χ3v) is 4.52. The van der Waals surface area contributed by atoms with Crippen LogP contribution in [0.4, 0.5) is 0 Å². The minimum Gasteiger partial charge on any atom is -0.476 e. The van der Waals surface area contributed by atoms with Gasteiger partial charge in [-0.3, -0.25) is 0 Å². The first-order chi connectivity index (χ1) is 11.7. The third kappa shape index (κ3) is 3.01. The van der Waals surface area contributed by atoms with Crippen molar-refractivity contribution in [2.24, 2.45) is 5.92 Å². The van der Waals surface area contributed by atoms with E-state index in [1.54, 1.807) is 10.7 Å². The predicted octanol–water partition coefficient (Wildman–Crippen LogP) is 3.02. The van der Waals surface area contributed by atoms with Gasteiger partial charge >= 0.3 is 0 Å². The fourth-order valence-corrected chi connectivity index (χ4v) is 3.29. The van der Waals surface area contributed by atoms with E-state index >= 15 is 0 Å². The molecular formula is C18H22N4O2. The zero-order chi connectivity index (χ0) is 16.5. The normalized spacial score (nSPS) is 19.0. The van der Waals surface area contributed by atoms with Crippen LogP contribution in [-0.4, -0.2) is 46.2 Å². The lowest BCUT2D eigenvalue weighted by Gasteiger charge is -2.29. The maximum absolute atomic E-state index is 5.95. The van der Waals surface area contributed by atoms with Crippen molar-refractivity contribution in [1.29, 1.82) is 0 Å². The maximum atomic E-state index is 5.95. The SMILES string of the molecule is Cc1ccc(-c2cnc3ccc(OCC4CCCN(C)C4)nn23)o1. The molecule has 4 heterocycles. The first-order valence-corrected chi connectivity index (χ1v) is 8.42. The molecule has 0 aliphatic carbocycles. The molecule has 0 bridgehead atoms. The smallest absolute Gasteiger partial charge is 0.231 e. The molecule has 1 fully saturated rings. The Labute approximate surface area is 141 Å². The molecule has 24 heavy (non-hydrogen) atoms. The van der Waals surface area contributed by atoms with Crippen LogP contribution in [0.25, 0.3) is 17.1 Å². The number of piperidine rings is 1. The van der Waals surface area contributed by atoms with Gasteiger partial charge in [0.15, 0.2) is 11.4 Å². The average Bonchev–Trinajstić information content (AvgIpc) is 3.18. The van der Waals surface area contributed by atoms with Crippen LogP contribution in [0, 0.1) is 12.8 Å². The molecule has 0 radical (unpaired) electrons. The van der Waals surface area contributed by atoms with Crippen molar-refractivity contribution in [3.05, 3.63) is 36.2 Å². The Morgan fingerprint density at radius 2 is 2.21 bits per heavy atom. The fourth-order valence-electron chi connectivity index (χ4n) is 3.29. The molecule has 0 amide bonds. The van der Waals surface area contributed by atoms with Crippen LogP contribution >= 0.6 is 0 Å². The highest BCUT2D eigenvalue weighted by Gasteiger charge is 2.18. The minimum absolute atomic E-state index is 0.566. The highest BCUT2D eigenvalue weighted by Crippen LogP contribution is 2.24. The summed E-state index contributed by atoms with van der Waals surface area (Å²) in [7, 11) is 2.17. The lowest BCUT2D eigenvalue weighted by Crippen LogP contribution is -2.34. The summed E-state index contributed by atoms with van der Waals surface area (Å²) in [5.41, 5.74) is 1.62. The van der Waals surface area contributed by atoms with Crippen molar-refractivity contribution < 1.29 is 9.15 Å². The summed E-state index contributed by atoms with van der Waals surface area (Å²) in [6.07, 6.45) is 4.23. The van der Waals surface area contributed by atoms with Gasteiger partial charge in [0, 0.05) is 18.5 Å². The molecule has 3 aromatic rings. The second-order valence-electron chi connectivity index (χ2n) is 6.58. The number of nitrogens with zero attached hydrogens (tertiary/aromatic N) is 4. The van der Waals surface area contributed by atoms with Gasteiger partial charge in [-0.25, -0.2) is 9.50 Å². The van der Waals surface area contributed by atoms with Crippen LogP contribution in [0.2, 0.25) is 0 Å². The molecule has 0 N–H and O–H groups in total. The maximum Gasteiger partial charge on any atom is 0.231 e. The molecule has 1 atom stereocenters. The summed E-state index contributed by atoms with van der Waals surface area (Å²) in [4.78, 5) is 6.75. The van der Waals surface area contributed by atoms with Crippen LogP contribution in [0.3, 0.4) is 0 Å². The zero-order valence-electron chi connectivity index (χ0n) is 14.1. The van der Waals surface area contributed by atoms with Crippen molar-refractivity contribution in [3.8, 4) is 17.3 Å². The molecule has 3 aromatic heterocycles. The predicted molar refractivity (Wildman–Crippen MR) is 91.1 cm³/mol. The molecule has 1 unspecified atom stereocenters. The molecule has 6 nitrogen and oxygen atoms in total. The Hall–Kier alpha value is -2.34. The zero-order valence-corrected chi connectivity index (χ0v) is 14.1. The van der Waals surface area contributed by atoms with Crippen LogP contribution in [0.15, 0.2) is 34.9 Å². The van der Waals surface area contributed by atoms with Gasteiger partial charge in [0.2, 0.25) is 5.88 Å². The molecule has 0 aromatic carbocycles. The Morgan fingerprint density at radius 1 is 1.29 bits per heavy atom. The van der Waals surface area contributed by atoms with E-state index in [1.807, 2.05) is 31.2 Å². The van der Waals surface area contributed by atoms with Crippen LogP contribution in [-0.2, 0) is 0 Å². The van der Waals surface area contributed by atoms with Crippen molar-refractivity contribution in [3.63, 3.8) is 0 Å². The number of imidazole rings is 1. The highest BCUT2D eigenvalue weighted by atomic mass is 16.5. The van der Waals surface area contributed by atoms with Crippen LogP contribution in [0.1, 0.15) is 18.6 Å². The van der Waals surface area contributed by atoms with Gasteiger partial charge in [0.05, 0.1) is 12.8 Å². The first-order valence-electron chi connectivity index (χ1n) is 8.42. The van der Waals surface area contributed by atoms with E-state index in [0.29, 0.717) is 18.4 Å². The van der Waals surface area contributed by atoms with Gasteiger partial charge in [-0.1, -0.05) is 0 Å². The van der Waals surface area contributed by atoms with Gasteiger partial charge in [-0.2, -0.15) is 0 Å². The quantitative estimate of drug-likeness (QED) is 0.737. The molecule has 4 rings (SSSR count). The third-order valence-electron chi connectivity index (χ3n) is 4.52. The van der Waals surface area contributed by atoms with Gasteiger partial charge in [-0.05, 0) is 51.6 Å². The van der Waals surface area contributed by atoms with Gasteiger partial charge in [-0.15, -0.1) is 5.10 Å². The Balaban J connectivity index is 1.54. The summed E-state index contributed by atoms with van der Waals surface area (Å²) < 4.78 is 13.4. The van der Waals surface area contributed by atoms with E-state index in [2.05, 4.69) is 22.0 Å². The van der Waals surface area contributed by atoms with E-state index in [-0.39, 0.29) is 0 Å². The highest BCUT2D eigenvalue weighted by molar-refractivity contribution is 5.58. The summed E-state index contributed by atoms with van der Waals surface area (Å²) >= 11 is 0. The molecule has 1 aliphatic heterocycles. The van der Waals surface area contributed by atoms with Gasteiger partial charge < -0.3 is 14.1 Å². The largest absolute Gasteiger partial charge is 0.476 e. The number of fused-ring (bicyclic) bond motifs is 1. The van der Waals surface area contributed by atoms with E-state index in [0.717, 1.165) is 29.4 Å². The Morgan fingerprint density at radius 3 is 3.00 bits per heavy atom. The van der Waals surface area contributed by atoms with E-state index < -0.39 is 0 Å². The second-order valence-corrected chi connectivity index (χ2v) is 6.58. The molecule has 0 saturated carbocycles. The number of hydrogen-bond donors (Lipinski definition) is 0.